The van der Waals surface area contributed by atoms with E-state index < -0.39 is 14.4 Å². The van der Waals surface area contributed by atoms with Crippen molar-refractivity contribution in [3.8, 4) is 0 Å². The molecular weight excluding hydrogens is 348 g/mol. The molecule has 1 atom stereocenters. The van der Waals surface area contributed by atoms with Crippen molar-refractivity contribution >= 4 is 31.3 Å². The molecule has 0 aromatic carbocycles. The Kier molecular flexibility index (Phi) is 5.63. The van der Waals surface area contributed by atoms with Crippen molar-refractivity contribution in [2.45, 2.75) is 51.6 Å². The molecule has 126 valence electrons. The van der Waals surface area contributed by atoms with Gasteiger partial charge in [0.1, 0.15) is 17.6 Å². The second-order valence-electron chi connectivity index (χ2n) is 7.08. The van der Waals surface area contributed by atoms with E-state index in [9.17, 15) is 5.11 Å². The number of aliphatic hydroxyl groups is 1. The maximum absolute atomic E-state index is 10.5. The summed E-state index contributed by atoms with van der Waals surface area (Å²) >= 11 is 7.51. The SMILES string of the molecule is CC(C)(C)[Si](C)(C)OCc1csc(C(O)c2cncnc2Cl)c1. The first kappa shape index (κ1) is 18.5. The molecule has 2 aromatic heterocycles. The minimum absolute atomic E-state index is 0.181. The highest BCUT2D eigenvalue weighted by atomic mass is 35.5. The molecule has 23 heavy (non-hydrogen) atoms. The molecule has 0 amide bonds. The molecule has 1 N–H and O–H groups in total. The van der Waals surface area contributed by atoms with Gasteiger partial charge in [-0.05, 0) is 35.1 Å². The van der Waals surface area contributed by atoms with Crippen LogP contribution in [0.3, 0.4) is 0 Å². The zero-order valence-electron chi connectivity index (χ0n) is 14.1. The number of aliphatic hydroxyl groups excluding tert-OH is 1. The number of hydrogen-bond donors (Lipinski definition) is 1. The average molecular weight is 371 g/mol. The Morgan fingerprint density at radius 3 is 2.70 bits per heavy atom. The maximum atomic E-state index is 10.5. The molecule has 2 heterocycles. The highest BCUT2D eigenvalue weighted by Crippen LogP contribution is 2.37. The third kappa shape index (κ3) is 4.39. The number of nitrogens with zero attached hydrogens (tertiary/aromatic N) is 2. The average Bonchev–Trinajstić information content (AvgIpc) is 2.93. The van der Waals surface area contributed by atoms with Crippen LogP contribution in [0.15, 0.2) is 24.0 Å². The van der Waals surface area contributed by atoms with E-state index >= 15 is 0 Å². The summed E-state index contributed by atoms with van der Waals surface area (Å²) in [7, 11) is -1.78. The van der Waals surface area contributed by atoms with Crippen LogP contribution in [0, 0.1) is 0 Å². The van der Waals surface area contributed by atoms with Crippen LogP contribution in [0.2, 0.25) is 23.3 Å². The van der Waals surface area contributed by atoms with Gasteiger partial charge < -0.3 is 9.53 Å². The molecule has 0 fully saturated rings. The fourth-order valence-corrected chi connectivity index (χ4v) is 3.81. The molecule has 7 heteroatoms. The van der Waals surface area contributed by atoms with Gasteiger partial charge in [0.2, 0.25) is 0 Å². The summed E-state index contributed by atoms with van der Waals surface area (Å²) in [4.78, 5) is 8.65. The van der Waals surface area contributed by atoms with Gasteiger partial charge in [-0.1, -0.05) is 32.4 Å². The summed E-state index contributed by atoms with van der Waals surface area (Å²) in [6.45, 7) is 11.7. The highest BCUT2D eigenvalue weighted by molar-refractivity contribution is 7.10. The number of aromatic nitrogens is 2. The summed E-state index contributed by atoms with van der Waals surface area (Å²) in [6, 6.07) is 1.96. The largest absolute Gasteiger partial charge is 0.413 e. The summed E-state index contributed by atoms with van der Waals surface area (Å²) in [5, 5.41) is 12.9. The molecule has 0 spiro atoms. The number of hydrogen-bond acceptors (Lipinski definition) is 5. The second-order valence-corrected chi connectivity index (χ2v) is 13.2. The van der Waals surface area contributed by atoms with E-state index in [-0.39, 0.29) is 10.2 Å². The molecule has 0 aliphatic rings. The van der Waals surface area contributed by atoms with Crippen molar-refractivity contribution in [2.75, 3.05) is 0 Å². The van der Waals surface area contributed by atoms with E-state index in [4.69, 9.17) is 16.0 Å². The van der Waals surface area contributed by atoms with Crippen LogP contribution in [0.1, 0.15) is 42.9 Å². The Hall–Kier alpha value is -0.793. The third-order valence-electron chi connectivity index (χ3n) is 4.33. The molecule has 0 aliphatic heterocycles. The molecular formula is C16H23ClN2O2SSi. The topological polar surface area (TPSA) is 55.2 Å². The van der Waals surface area contributed by atoms with Crippen molar-refractivity contribution in [3.63, 3.8) is 0 Å². The Morgan fingerprint density at radius 1 is 1.39 bits per heavy atom. The fourth-order valence-electron chi connectivity index (χ4n) is 1.76. The van der Waals surface area contributed by atoms with E-state index in [2.05, 4.69) is 43.8 Å². The van der Waals surface area contributed by atoms with Crippen LogP contribution in [0.5, 0.6) is 0 Å². The van der Waals surface area contributed by atoms with Gasteiger partial charge in [0, 0.05) is 16.6 Å². The van der Waals surface area contributed by atoms with Crippen LogP contribution >= 0.6 is 22.9 Å². The number of rotatable bonds is 5. The van der Waals surface area contributed by atoms with Gasteiger partial charge in [0.25, 0.3) is 0 Å². The second kappa shape index (κ2) is 6.99. The summed E-state index contributed by atoms with van der Waals surface area (Å²) in [5.41, 5.74) is 1.59. The molecule has 1 unspecified atom stereocenters. The minimum atomic E-state index is -1.78. The Labute approximate surface area is 147 Å². The van der Waals surface area contributed by atoms with Gasteiger partial charge in [-0.15, -0.1) is 11.3 Å². The van der Waals surface area contributed by atoms with Gasteiger partial charge in [-0.25, -0.2) is 9.97 Å². The predicted octanol–water partition coefficient (Wildman–Crippen LogP) is 4.80. The molecule has 2 rings (SSSR count). The monoisotopic (exact) mass is 370 g/mol. The quantitative estimate of drug-likeness (QED) is 0.607. The Bertz CT molecular complexity index is 670. The van der Waals surface area contributed by atoms with E-state index in [1.54, 1.807) is 6.20 Å². The summed E-state index contributed by atoms with van der Waals surface area (Å²) < 4.78 is 6.22. The van der Waals surface area contributed by atoms with Crippen LogP contribution in [-0.4, -0.2) is 23.4 Å². The minimum Gasteiger partial charge on any atom is -0.413 e. The van der Waals surface area contributed by atoms with E-state index in [0.29, 0.717) is 12.2 Å². The molecule has 0 saturated heterocycles. The van der Waals surface area contributed by atoms with Crippen molar-refractivity contribution in [2.24, 2.45) is 0 Å². The van der Waals surface area contributed by atoms with Crippen molar-refractivity contribution in [1.82, 2.24) is 9.97 Å². The van der Waals surface area contributed by atoms with Crippen molar-refractivity contribution in [1.29, 1.82) is 0 Å². The third-order valence-corrected chi connectivity index (χ3v) is 10.2. The first-order valence-corrected chi connectivity index (χ1v) is 11.6. The zero-order chi connectivity index (χ0) is 17.3. The maximum Gasteiger partial charge on any atom is 0.192 e. The molecule has 0 saturated carbocycles. The van der Waals surface area contributed by atoms with Crippen molar-refractivity contribution < 1.29 is 9.53 Å². The summed E-state index contributed by atoms with van der Waals surface area (Å²) in [5.74, 6) is 0. The lowest BCUT2D eigenvalue weighted by molar-refractivity contribution is 0.223. The summed E-state index contributed by atoms with van der Waals surface area (Å²) in [6.07, 6.45) is 2.10. The van der Waals surface area contributed by atoms with Gasteiger partial charge in [-0.2, -0.15) is 0 Å². The Balaban J connectivity index is 2.08. The predicted molar refractivity (Wildman–Crippen MR) is 97.4 cm³/mol. The lowest BCUT2D eigenvalue weighted by Crippen LogP contribution is -2.40. The molecule has 0 radical (unpaired) electrons. The lowest BCUT2D eigenvalue weighted by atomic mass is 10.1. The first-order chi connectivity index (χ1) is 10.6. The van der Waals surface area contributed by atoms with E-state index in [1.165, 1.54) is 17.7 Å². The molecule has 4 nitrogen and oxygen atoms in total. The van der Waals surface area contributed by atoms with Crippen LogP contribution < -0.4 is 0 Å². The van der Waals surface area contributed by atoms with Crippen molar-refractivity contribution in [3.05, 3.63) is 45.1 Å². The smallest absolute Gasteiger partial charge is 0.192 e. The first-order valence-electron chi connectivity index (χ1n) is 7.46. The van der Waals surface area contributed by atoms with Gasteiger partial charge in [0.05, 0.1) is 6.61 Å². The number of halogens is 1. The Morgan fingerprint density at radius 2 is 2.09 bits per heavy atom. The zero-order valence-corrected chi connectivity index (χ0v) is 16.7. The molecule has 2 aromatic rings. The molecule has 0 bridgehead atoms. The van der Waals surface area contributed by atoms with Crippen LogP contribution in [-0.2, 0) is 11.0 Å². The van der Waals surface area contributed by atoms with Gasteiger partial charge in [0.15, 0.2) is 8.32 Å². The number of thiophene rings is 1. The highest BCUT2D eigenvalue weighted by Gasteiger charge is 2.37. The normalized spacial score (nSPS) is 14.0. The van der Waals surface area contributed by atoms with Crippen LogP contribution in [0.25, 0.3) is 0 Å². The standard InChI is InChI=1S/C16H23ClN2O2SSi/c1-16(2,3)23(4,5)21-8-11-6-13(22-9-11)14(20)12-7-18-10-19-15(12)17/h6-7,9-10,14,20H,8H2,1-5H3. The van der Waals surface area contributed by atoms with Crippen LogP contribution in [0.4, 0.5) is 0 Å². The fraction of sp³-hybridized carbons (Fsp3) is 0.500. The van der Waals surface area contributed by atoms with Gasteiger partial charge >= 0.3 is 0 Å². The van der Waals surface area contributed by atoms with Gasteiger partial charge in [-0.3, -0.25) is 0 Å². The van der Waals surface area contributed by atoms with E-state index in [1.807, 2.05) is 11.4 Å². The molecule has 0 aliphatic carbocycles. The van der Waals surface area contributed by atoms with E-state index in [0.717, 1.165) is 10.4 Å². The lowest BCUT2D eigenvalue weighted by Gasteiger charge is -2.36.